The van der Waals surface area contributed by atoms with Gasteiger partial charge in [-0.2, -0.15) is 0 Å². The molecule has 4 saturated carbocycles. The zero-order valence-corrected chi connectivity index (χ0v) is 16.1. The van der Waals surface area contributed by atoms with E-state index in [0.29, 0.717) is 37.6 Å². The molecule has 27 heavy (non-hydrogen) atoms. The van der Waals surface area contributed by atoms with Gasteiger partial charge in [0.1, 0.15) is 6.61 Å². The molecule has 4 aliphatic carbocycles. The average molecular weight is 370 g/mol. The number of fused-ring (bicyclic) bond motifs is 1. The first-order valence-corrected chi connectivity index (χ1v) is 10.6. The normalized spacial score (nSPS) is 35.7. The van der Waals surface area contributed by atoms with Gasteiger partial charge in [-0.1, -0.05) is 12.1 Å². The SMILES string of the molecule is CCN(CC1COc2ccccc2O1)C(=O)NC1C2CC3CC(C2)CC1C3. The number of benzene rings is 1. The fourth-order valence-electron chi connectivity index (χ4n) is 6.15. The number of likely N-dealkylation sites (N-methyl/N-ethyl adjacent to an activating group) is 1. The molecule has 0 spiro atoms. The lowest BCUT2D eigenvalue weighted by Gasteiger charge is -2.54. The van der Waals surface area contributed by atoms with Crippen LogP contribution in [-0.2, 0) is 0 Å². The number of rotatable bonds is 4. The summed E-state index contributed by atoms with van der Waals surface area (Å²) in [5.41, 5.74) is 0. The highest BCUT2D eigenvalue weighted by molar-refractivity contribution is 5.74. The van der Waals surface area contributed by atoms with Crippen molar-refractivity contribution >= 4 is 6.03 Å². The number of carbonyl (C=O) groups is 1. The van der Waals surface area contributed by atoms with Crippen LogP contribution in [0.25, 0.3) is 0 Å². The third kappa shape index (κ3) is 3.26. The van der Waals surface area contributed by atoms with E-state index in [1.807, 2.05) is 36.1 Å². The maximum atomic E-state index is 13.0. The van der Waals surface area contributed by atoms with E-state index in [1.165, 1.54) is 32.1 Å². The van der Waals surface area contributed by atoms with Crippen LogP contribution in [0.1, 0.15) is 39.0 Å². The highest BCUT2D eigenvalue weighted by Crippen LogP contribution is 2.53. The summed E-state index contributed by atoms with van der Waals surface area (Å²) in [5, 5.41) is 3.41. The molecule has 5 nitrogen and oxygen atoms in total. The molecular weight excluding hydrogens is 340 g/mol. The van der Waals surface area contributed by atoms with Gasteiger partial charge in [-0.05, 0) is 74.8 Å². The number of ether oxygens (including phenoxy) is 2. The quantitative estimate of drug-likeness (QED) is 0.880. The molecule has 4 fully saturated rings. The summed E-state index contributed by atoms with van der Waals surface area (Å²) in [6.45, 7) is 3.76. The fourth-order valence-corrected chi connectivity index (χ4v) is 6.15. The van der Waals surface area contributed by atoms with Gasteiger partial charge in [0.15, 0.2) is 17.6 Å². The second-order valence-corrected chi connectivity index (χ2v) is 8.94. The first-order valence-electron chi connectivity index (χ1n) is 10.6. The van der Waals surface area contributed by atoms with Gasteiger partial charge in [0.05, 0.1) is 6.54 Å². The van der Waals surface area contributed by atoms with Crippen molar-refractivity contribution in [2.24, 2.45) is 23.7 Å². The summed E-state index contributed by atoms with van der Waals surface area (Å²) in [4.78, 5) is 14.9. The zero-order chi connectivity index (χ0) is 18.4. The van der Waals surface area contributed by atoms with E-state index in [1.54, 1.807) is 0 Å². The van der Waals surface area contributed by atoms with Crippen molar-refractivity contribution in [1.29, 1.82) is 0 Å². The summed E-state index contributed by atoms with van der Waals surface area (Å²) in [6.07, 6.45) is 6.60. The van der Waals surface area contributed by atoms with Gasteiger partial charge in [-0.3, -0.25) is 0 Å². The Hall–Kier alpha value is -1.91. The van der Waals surface area contributed by atoms with Crippen LogP contribution in [0.5, 0.6) is 11.5 Å². The highest BCUT2D eigenvalue weighted by Gasteiger charge is 2.48. The standard InChI is InChI=1S/C22H30N2O3/c1-2-24(12-18-13-26-19-5-3-4-6-20(19)27-18)22(25)23-21-16-8-14-7-15(10-16)11-17(21)9-14/h3-6,14-18,21H,2,7-13H2,1H3,(H,23,25). The van der Waals surface area contributed by atoms with E-state index in [-0.39, 0.29) is 12.1 Å². The lowest BCUT2D eigenvalue weighted by Crippen LogP contribution is -2.58. The third-order valence-electron chi connectivity index (χ3n) is 7.18. The molecule has 1 heterocycles. The Morgan fingerprint density at radius 2 is 1.74 bits per heavy atom. The van der Waals surface area contributed by atoms with E-state index in [4.69, 9.17) is 9.47 Å². The molecule has 1 aliphatic heterocycles. The van der Waals surface area contributed by atoms with Crippen LogP contribution in [0.2, 0.25) is 0 Å². The number of hydrogen-bond donors (Lipinski definition) is 1. The van der Waals surface area contributed by atoms with Crippen molar-refractivity contribution in [1.82, 2.24) is 10.2 Å². The van der Waals surface area contributed by atoms with Gasteiger partial charge in [-0.15, -0.1) is 0 Å². The zero-order valence-electron chi connectivity index (χ0n) is 16.1. The van der Waals surface area contributed by atoms with Crippen molar-refractivity contribution in [2.75, 3.05) is 19.7 Å². The second kappa shape index (κ2) is 6.92. The molecule has 1 aromatic rings. The number of hydrogen-bond acceptors (Lipinski definition) is 3. The molecule has 5 aliphatic rings. The van der Waals surface area contributed by atoms with Crippen molar-refractivity contribution in [3.8, 4) is 11.5 Å². The molecule has 1 unspecified atom stereocenters. The van der Waals surface area contributed by atoms with Gasteiger partial charge in [0.2, 0.25) is 0 Å². The van der Waals surface area contributed by atoms with Crippen LogP contribution < -0.4 is 14.8 Å². The molecule has 1 atom stereocenters. The Balaban J connectivity index is 1.20. The van der Waals surface area contributed by atoms with Crippen molar-refractivity contribution < 1.29 is 14.3 Å². The fraction of sp³-hybridized carbons (Fsp3) is 0.682. The summed E-state index contributed by atoms with van der Waals surface area (Å²) >= 11 is 0. The van der Waals surface area contributed by atoms with Crippen LogP contribution >= 0.6 is 0 Å². The number of carbonyl (C=O) groups excluding carboxylic acids is 1. The molecule has 1 N–H and O–H groups in total. The summed E-state index contributed by atoms with van der Waals surface area (Å²) in [6, 6.07) is 8.18. The summed E-state index contributed by atoms with van der Waals surface area (Å²) < 4.78 is 11.9. The Kier molecular flexibility index (Phi) is 4.41. The van der Waals surface area contributed by atoms with Crippen LogP contribution in [0.15, 0.2) is 24.3 Å². The number of amides is 2. The molecule has 1 aromatic carbocycles. The largest absolute Gasteiger partial charge is 0.486 e. The number of nitrogens with zero attached hydrogens (tertiary/aromatic N) is 1. The maximum absolute atomic E-state index is 13.0. The van der Waals surface area contributed by atoms with E-state index in [2.05, 4.69) is 5.32 Å². The summed E-state index contributed by atoms with van der Waals surface area (Å²) in [7, 11) is 0. The molecule has 0 radical (unpaired) electrons. The maximum Gasteiger partial charge on any atom is 0.317 e. The number of urea groups is 1. The Labute approximate surface area is 161 Å². The van der Waals surface area contributed by atoms with Gasteiger partial charge in [0, 0.05) is 12.6 Å². The molecular formula is C22H30N2O3. The minimum Gasteiger partial charge on any atom is -0.486 e. The predicted molar refractivity (Wildman–Crippen MR) is 103 cm³/mol. The van der Waals surface area contributed by atoms with E-state index in [9.17, 15) is 4.79 Å². The number of para-hydroxylation sites is 2. The summed E-state index contributed by atoms with van der Waals surface area (Å²) in [5.74, 6) is 4.81. The van der Waals surface area contributed by atoms with E-state index < -0.39 is 0 Å². The van der Waals surface area contributed by atoms with E-state index >= 15 is 0 Å². The monoisotopic (exact) mass is 370 g/mol. The van der Waals surface area contributed by atoms with Gasteiger partial charge in [-0.25, -0.2) is 4.79 Å². The topological polar surface area (TPSA) is 50.8 Å². The molecule has 146 valence electrons. The van der Waals surface area contributed by atoms with Crippen LogP contribution in [0.3, 0.4) is 0 Å². The van der Waals surface area contributed by atoms with Crippen molar-refractivity contribution in [3.05, 3.63) is 24.3 Å². The predicted octanol–water partition coefficient (Wildman–Crippen LogP) is 3.68. The van der Waals surface area contributed by atoms with Crippen molar-refractivity contribution in [3.63, 3.8) is 0 Å². The Bertz CT molecular complexity index is 679. The third-order valence-corrected chi connectivity index (χ3v) is 7.18. The minimum atomic E-state index is -0.121. The smallest absolute Gasteiger partial charge is 0.317 e. The first kappa shape index (κ1) is 17.2. The molecule has 4 bridgehead atoms. The second-order valence-electron chi connectivity index (χ2n) is 8.94. The van der Waals surface area contributed by atoms with Crippen LogP contribution in [0.4, 0.5) is 4.79 Å². The lowest BCUT2D eigenvalue weighted by molar-refractivity contribution is -0.0118. The van der Waals surface area contributed by atoms with Gasteiger partial charge in [0.25, 0.3) is 0 Å². The first-order chi connectivity index (χ1) is 13.2. The molecule has 0 aromatic heterocycles. The average Bonchev–Trinajstić information content (AvgIpc) is 2.68. The van der Waals surface area contributed by atoms with Crippen molar-refractivity contribution in [2.45, 2.75) is 51.2 Å². The van der Waals surface area contributed by atoms with E-state index in [0.717, 1.165) is 23.3 Å². The molecule has 2 amide bonds. The Morgan fingerprint density at radius 3 is 2.41 bits per heavy atom. The van der Waals surface area contributed by atoms with Gasteiger partial charge < -0.3 is 19.7 Å². The molecule has 5 heteroatoms. The van der Waals surface area contributed by atoms with Crippen LogP contribution in [0, 0.1) is 23.7 Å². The molecule has 6 rings (SSSR count). The minimum absolute atomic E-state index is 0.0671. The number of nitrogens with one attached hydrogen (secondary N) is 1. The lowest BCUT2D eigenvalue weighted by atomic mass is 9.54. The van der Waals surface area contributed by atoms with Gasteiger partial charge >= 0.3 is 6.03 Å². The Morgan fingerprint density at radius 1 is 1.07 bits per heavy atom. The highest BCUT2D eigenvalue weighted by atomic mass is 16.6. The van der Waals surface area contributed by atoms with Crippen LogP contribution in [-0.4, -0.2) is 42.8 Å². The molecule has 0 saturated heterocycles.